The van der Waals surface area contributed by atoms with Crippen LogP contribution in [0.2, 0.25) is 0 Å². The zero-order valence-corrected chi connectivity index (χ0v) is 17.5. The minimum absolute atomic E-state index is 0.0681. The summed E-state index contributed by atoms with van der Waals surface area (Å²) in [6.45, 7) is 2.93. The maximum Gasteiger partial charge on any atom is 0.288 e. The van der Waals surface area contributed by atoms with Crippen molar-refractivity contribution in [3.63, 3.8) is 0 Å². The standard InChI is InChI=1S/C20H26INO5/c21-17-5-3-15(4-6-17)16-13-18(20(24)22-7-11-25-12-8-22)27-19(14-16)26-10-2-1-9-23/h3-6,13,16,19,23H,1-2,7-12,14H2/t16-,19+/m0/s1. The summed E-state index contributed by atoms with van der Waals surface area (Å²) in [5.74, 6) is 0.329. The average Bonchev–Trinajstić information content (AvgIpc) is 2.71. The molecule has 1 saturated heterocycles. The maximum absolute atomic E-state index is 12.9. The fourth-order valence-electron chi connectivity index (χ4n) is 3.20. The molecule has 0 radical (unpaired) electrons. The number of hydrogen-bond donors (Lipinski definition) is 1. The number of aliphatic hydroxyl groups is 1. The molecule has 1 fully saturated rings. The van der Waals surface area contributed by atoms with Crippen LogP contribution < -0.4 is 0 Å². The van der Waals surface area contributed by atoms with E-state index in [1.165, 1.54) is 3.57 Å². The van der Waals surface area contributed by atoms with Gasteiger partial charge in [-0.3, -0.25) is 4.79 Å². The molecule has 0 bridgehead atoms. The van der Waals surface area contributed by atoms with Gasteiger partial charge in [-0.25, -0.2) is 0 Å². The van der Waals surface area contributed by atoms with Crippen LogP contribution in [0.25, 0.3) is 0 Å². The molecule has 2 heterocycles. The molecule has 0 aliphatic carbocycles. The summed E-state index contributed by atoms with van der Waals surface area (Å²) in [6, 6.07) is 8.32. The van der Waals surface area contributed by atoms with Crippen LogP contribution in [-0.4, -0.2) is 61.7 Å². The van der Waals surface area contributed by atoms with Gasteiger partial charge < -0.3 is 24.2 Å². The number of carbonyl (C=O) groups excluding carboxylic acids is 1. The Balaban J connectivity index is 1.73. The number of amides is 1. The smallest absolute Gasteiger partial charge is 0.288 e. The molecule has 2 aliphatic heterocycles. The van der Waals surface area contributed by atoms with E-state index in [1.807, 2.05) is 6.08 Å². The van der Waals surface area contributed by atoms with Crippen LogP contribution in [0.1, 0.15) is 30.7 Å². The highest BCUT2D eigenvalue weighted by atomic mass is 127. The molecular formula is C20H26INO5. The van der Waals surface area contributed by atoms with Gasteiger partial charge in [0.05, 0.1) is 19.8 Å². The van der Waals surface area contributed by atoms with Gasteiger partial charge in [0.1, 0.15) is 0 Å². The van der Waals surface area contributed by atoms with E-state index in [4.69, 9.17) is 19.3 Å². The number of morpholine rings is 1. The highest BCUT2D eigenvalue weighted by molar-refractivity contribution is 14.1. The second kappa shape index (κ2) is 10.4. The van der Waals surface area contributed by atoms with Gasteiger partial charge in [0.25, 0.3) is 5.91 Å². The second-order valence-corrected chi connectivity index (χ2v) is 7.92. The Bertz CT molecular complexity index is 642. The number of unbranched alkanes of at least 4 members (excludes halogenated alkanes) is 1. The Morgan fingerprint density at radius 3 is 2.67 bits per heavy atom. The van der Waals surface area contributed by atoms with E-state index in [-0.39, 0.29) is 18.4 Å². The van der Waals surface area contributed by atoms with Crippen molar-refractivity contribution >= 4 is 28.5 Å². The number of halogens is 1. The summed E-state index contributed by atoms with van der Waals surface area (Å²) < 4.78 is 18.3. The van der Waals surface area contributed by atoms with Crippen molar-refractivity contribution in [2.45, 2.75) is 31.5 Å². The molecule has 0 spiro atoms. The predicted octanol–water partition coefficient (Wildman–Crippen LogP) is 2.65. The van der Waals surface area contributed by atoms with Crippen LogP contribution in [0.3, 0.4) is 0 Å². The van der Waals surface area contributed by atoms with E-state index in [0.29, 0.717) is 51.5 Å². The minimum Gasteiger partial charge on any atom is -0.459 e. The average molecular weight is 487 g/mol. The SMILES string of the molecule is O=C(C1=C[C@H](c2ccc(I)cc2)C[C@H](OCCCCO)O1)N1CCOCC1. The molecule has 1 aromatic carbocycles. The normalized spacial score (nSPS) is 22.9. The van der Waals surface area contributed by atoms with Crippen LogP contribution in [0, 0.1) is 3.57 Å². The lowest BCUT2D eigenvalue weighted by molar-refractivity contribution is -0.155. The van der Waals surface area contributed by atoms with Crippen molar-refractivity contribution in [3.05, 3.63) is 45.2 Å². The summed E-state index contributed by atoms with van der Waals surface area (Å²) >= 11 is 2.28. The van der Waals surface area contributed by atoms with Crippen molar-refractivity contribution in [2.24, 2.45) is 0 Å². The molecule has 1 N–H and O–H groups in total. The highest BCUT2D eigenvalue weighted by Crippen LogP contribution is 2.32. The van der Waals surface area contributed by atoms with Crippen molar-refractivity contribution in [2.75, 3.05) is 39.5 Å². The summed E-state index contributed by atoms with van der Waals surface area (Å²) in [5, 5.41) is 8.92. The maximum atomic E-state index is 12.9. The first-order chi connectivity index (χ1) is 13.2. The van der Waals surface area contributed by atoms with E-state index >= 15 is 0 Å². The number of benzene rings is 1. The van der Waals surface area contributed by atoms with Gasteiger partial charge in [-0.1, -0.05) is 12.1 Å². The lowest BCUT2D eigenvalue weighted by atomic mass is 9.93. The Hall–Kier alpha value is -1.16. The lowest BCUT2D eigenvalue weighted by Gasteiger charge is -2.33. The van der Waals surface area contributed by atoms with E-state index in [9.17, 15) is 4.79 Å². The number of carbonyl (C=O) groups is 1. The minimum atomic E-state index is -0.460. The first kappa shape index (κ1) is 20.6. The van der Waals surface area contributed by atoms with Gasteiger partial charge in [-0.15, -0.1) is 0 Å². The van der Waals surface area contributed by atoms with E-state index in [0.717, 1.165) is 12.0 Å². The monoisotopic (exact) mass is 487 g/mol. The van der Waals surface area contributed by atoms with Crippen LogP contribution in [0.15, 0.2) is 36.1 Å². The zero-order chi connectivity index (χ0) is 19.1. The molecule has 3 rings (SSSR count). The second-order valence-electron chi connectivity index (χ2n) is 6.68. The van der Waals surface area contributed by atoms with Gasteiger partial charge >= 0.3 is 0 Å². The lowest BCUT2D eigenvalue weighted by Crippen LogP contribution is -2.43. The summed E-state index contributed by atoms with van der Waals surface area (Å²) in [4.78, 5) is 14.7. The third-order valence-corrected chi connectivity index (χ3v) is 5.44. The fourth-order valence-corrected chi connectivity index (χ4v) is 3.56. The highest BCUT2D eigenvalue weighted by Gasteiger charge is 2.31. The molecule has 27 heavy (non-hydrogen) atoms. The van der Waals surface area contributed by atoms with E-state index in [2.05, 4.69) is 46.9 Å². The van der Waals surface area contributed by atoms with Crippen molar-refractivity contribution in [1.29, 1.82) is 0 Å². The molecule has 1 amide bonds. The van der Waals surface area contributed by atoms with Crippen molar-refractivity contribution in [1.82, 2.24) is 4.90 Å². The first-order valence-corrected chi connectivity index (χ1v) is 10.5. The van der Waals surface area contributed by atoms with Gasteiger partial charge in [0.2, 0.25) is 6.29 Å². The molecule has 7 heteroatoms. The fraction of sp³-hybridized carbons (Fsp3) is 0.550. The Labute approximate surface area is 173 Å². The van der Waals surface area contributed by atoms with Crippen molar-refractivity contribution in [3.8, 4) is 0 Å². The predicted molar refractivity (Wildman–Crippen MR) is 109 cm³/mol. The number of rotatable bonds is 7. The molecule has 2 aliphatic rings. The van der Waals surface area contributed by atoms with Crippen LogP contribution in [0.5, 0.6) is 0 Å². The first-order valence-electron chi connectivity index (χ1n) is 9.41. The summed E-state index contributed by atoms with van der Waals surface area (Å²) in [7, 11) is 0. The Kier molecular flexibility index (Phi) is 7.93. The zero-order valence-electron chi connectivity index (χ0n) is 15.3. The van der Waals surface area contributed by atoms with Crippen LogP contribution in [-0.2, 0) is 19.0 Å². The van der Waals surface area contributed by atoms with Crippen LogP contribution >= 0.6 is 22.6 Å². The molecule has 1 aromatic rings. The molecule has 6 nitrogen and oxygen atoms in total. The van der Waals surface area contributed by atoms with E-state index in [1.54, 1.807) is 4.90 Å². The molecular weight excluding hydrogens is 461 g/mol. The number of nitrogens with zero attached hydrogens (tertiary/aromatic N) is 1. The van der Waals surface area contributed by atoms with Gasteiger partial charge in [-0.2, -0.15) is 0 Å². The van der Waals surface area contributed by atoms with Crippen molar-refractivity contribution < 1.29 is 24.1 Å². The Morgan fingerprint density at radius 1 is 1.22 bits per heavy atom. The third-order valence-electron chi connectivity index (χ3n) is 4.72. The molecule has 2 atom stereocenters. The van der Waals surface area contributed by atoms with Gasteiger partial charge in [-0.05, 0) is 59.2 Å². The summed E-state index contributed by atoms with van der Waals surface area (Å²) in [5.41, 5.74) is 1.15. The molecule has 0 unspecified atom stereocenters. The third kappa shape index (κ3) is 5.91. The summed E-state index contributed by atoms with van der Waals surface area (Å²) in [6.07, 6.45) is 3.59. The van der Waals surface area contributed by atoms with Gasteiger partial charge in [0.15, 0.2) is 5.76 Å². The quantitative estimate of drug-likeness (QED) is 0.474. The number of aliphatic hydroxyl groups excluding tert-OH is 1. The molecule has 0 aromatic heterocycles. The number of allylic oxidation sites excluding steroid dienone is 1. The molecule has 148 valence electrons. The molecule has 0 saturated carbocycles. The van der Waals surface area contributed by atoms with Crippen LogP contribution in [0.4, 0.5) is 0 Å². The van der Waals surface area contributed by atoms with Gasteiger partial charge in [0, 0.05) is 35.6 Å². The largest absolute Gasteiger partial charge is 0.459 e. The topological polar surface area (TPSA) is 68.2 Å². The Morgan fingerprint density at radius 2 is 1.96 bits per heavy atom. The number of hydrogen-bond acceptors (Lipinski definition) is 5. The van der Waals surface area contributed by atoms with E-state index < -0.39 is 6.29 Å². The number of ether oxygens (including phenoxy) is 3.